The number of rotatable bonds is 24. The first-order valence-corrected chi connectivity index (χ1v) is 31.7. The maximum atomic E-state index is 13.5. The molecule has 440 valence electrons. The molecular weight excluding hydrogens is 1300 g/mol. The van der Waals surface area contributed by atoms with Crippen molar-refractivity contribution in [1.82, 2.24) is 70.8 Å². The summed E-state index contributed by atoms with van der Waals surface area (Å²) in [4.78, 5) is 112. The molecule has 0 spiro atoms. The molecule has 6 atom stereocenters. The van der Waals surface area contributed by atoms with Crippen LogP contribution in [0.1, 0.15) is 42.6 Å². The summed E-state index contributed by atoms with van der Waals surface area (Å²) in [5, 5.41) is 90.4. The van der Waals surface area contributed by atoms with E-state index in [-0.39, 0.29) is 141 Å². The summed E-state index contributed by atoms with van der Waals surface area (Å²) in [7, 11) is 0. The van der Waals surface area contributed by atoms with Crippen molar-refractivity contribution in [3.05, 3.63) is 104 Å². The van der Waals surface area contributed by atoms with E-state index in [1.54, 1.807) is 47.2 Å². The molecule has 8 heterocycles. The molecule has 4 aliphatic heterocycles. The first-order valence-electron chi connectivity index (χ1n) is 24.1. The number of carboxylic acid groups (broad SMARTS) is 4. The van der Waals surface area contributed by atoms with Crippen molar-refractivity contribution in [2.24, 2.45) is 0 Å². The number of fused-ring (bicyclic) bond motifs is 2. The van der Waals surface area contributed by atoms with E-state index >= 15 is 0 Å². The number of thioether (sulfide) groups is 6. The molecule has 10 rings (SSSR count). The van der Waals surface area contributed by atoms with Crippen LogP contribution >= 0.6 is 93.2 Å². The number of carbonyl (C=O) groups excluding carboxylic acids is 6. The Kier molecular flexibility index (Phi) is 24.4. The number of nitrogens with two attached hydrogens (primary N) is 2. The number of aliphatic hydroxyl groups excluding tert-OH is 2. The monoisotopic (exact) mass is 1340 g/mol. The summed E-state index contributed by atoms with van der Waals surface area (Å²) < 4.78 is 2.75. The van der Waals surface area contributed by atoms with Crippen LogP contribution in [0.25, 0.3) is 0 Å². The predicted octanol–water partition coefficient (Wildman–Crippen LogP) is -7.13. The van der Waals surface area contributed by atoms with E-state index in [1.165, 1.54) is 45.0 Å². The molecule has 30 nitrogen and oxygen atoms in total. The average molecular weight is 1350 g/mol. The van der Waals surface area contributed by atoms with Gasteiger partial charge in [0.05, 0.1) is 72.2 Å². The van der Waals surface area contributed by atoms with E-state index in [2.05, 4.69) is 51.7 Å². The third kappa shape index (κ3) is 15.2. The van der Waals surface area contributed by atoms with Crippen LogP contribution < -0.4 is 91.4 Å². The van der Waals surface area contributed by atoms with Gasteiger partial charge in [0.25, 0.3) is 11.8 Å². The topological polar surface area (TPSA) is 459 Å². The van der Waals surface area contributed by atoms with Crippen LogP contribution in [0, 0.1) is 0 Å². The summed E-state index contributed by atoms with van der Waals surface area (Å²) in [5.41, 5.74) is 12.5. The number of aromatic carboxylic acids is 2. The Morgan fingerprint density at radius 2 is 1.02 bits per heavy atom. The van der Waals surface area contributed by atoms with Crippen molar-refractivity contribution in [3.63, 3.8) is 0 Å². The Bertz CT molecular complexity index is 3400. The number of tetrazole rings is 2. The molecule has 0 radical (unpaired) electrons. The van der Waals surface area contributed by atoms with Crippen molar-refractivity contribution >= 4 is 151 Å². The molecule has 0 bridgehead atoms. The zero-order valence-electron chi connectivity index (χ0n) is 44.6. The second-order valence-electron chi connectivity index (χ2n) is 17.5. The molecule has 86 heavy (non-hydrogen) atoms. The quantitative estimate of drug-likeness (QED) is 0.0159. The van der Waals surface area contributed by atoms with Gasteiger partial charge in [0.1, 0.15) is 33.3 Å². The fraction of sp³-hybridized carbons (Fsp3) is 0.304. The summed E-state index contributed by atoms with van der Waals surface area (Å²) in [6.45, 7) is -0.0297. The zero-order valence-corrected chi connectivity index (χ0v) is 55.1. The minimum atomic E-state index is -1.53. The number of aliphatic hydroxyl groups is 2. The number of amides is 4. The Morgan fingerprint density at radius 1 is 0.640 bits per heavy atom. The maximum Gasteiger partial charge on any atom is 1.00 e. The number of benzene rings is 2. The molecule has 40 heteroatoms. The Morgan fingerprint density at radius 3 is 1.36 bits per heavy atom. The number of β-lactam (4-membered cyclic amide) rings is 2. The molecule has 4 amide bonds. The molecule has 2 fully saturated rings. The predicted molar refractivity (Wildman–Crippen MR) is 302 cm³/mol. The van der Waals surface area contributed by atoms with Gasteiger partial charge < -0.3 is 62.3 Å². The van der Waals surface area contributed by atoms with Crippen LogP contribution in [-0.2, 0) is 41.9 Å². The van der Waals surface area contributed by atoms with Gasteiger partial charge >= 0.3 is 71.1 Å². The smallest absolute Gasteiger partial charge is 0.543 e. The van der Waals surface area contributed by atoms with Crippen LogP contribution in [-0.4, -0.2) is 187 Å². The summed E-state index contributed by atoms with van der Waals surface area (Å²) in [5.74, 6) is -7.07. The Hall–Kier alpha value is -5.30. The molecule has 4 aliphatic rings. The minimum Gasteiger partial charge on any atom is -0.543 e. The maximum absolute atomic E-state index is 13.5. The van der Waals surface area contributed by atoms with Crippen molar-refractivity contribution < 1.29 is 128 Å². The van der Waals surface area contributed by atoms with Crippen molar-refractivity contribution in [2.75, 3.05) is 47.7 Å². The molecule has 0 saturated carbocycles. The number of carboxylic acids is 4. The number of hydrogen-bond donors (Lipinski definition) is 8. The van der Waals surface area contributed by atoms with Crippen LogP contribution in [0.2, 0.25) is 0 Å². The van der Waals surface area contributed by atoms with Gasteiger partial charge in [-0.1, -0.05) is 47.8 Å². The molecule has 0 aliphatic carbocycles. The van der Waals surface area contributed by atoms with Gasteiger partial charge in [-0.15, -0.1) is 79.9 Å². The normalized spacial score (nSPS) is 18.3. The van der Waals surface area contributed by atoms with Crippen LogP contribution in [0.3, 0.4) is 0 Å². The number of nitrogen functional groups attached to an aromatic ring is 2. The van der Waals surface area contributed by atoms with E-state index in [0.717, 1.165) is 79.5 Å². The van der Waals surface area contributed by atoms with Gasteiger partial charge in [0, 0.05) is 43.6 Å². The van der Waals surface area contributed by atoms with E-state index in [4.69, 9.17) is 21.7 Å². The Labute approximate surface area is 562 Å². The molecule has 10 N–H and O–H groups in total. The number of thiazole rings is 2. The van der Waals surface area contributed by atoms with Crippen LogP contribution in [0.4, 0.5) is 10.3 Å². The van der Waals surface area contributed by atoms with Gasteiger partial charge in [0.15, 0.2) is 10.3 Å². The zero-order chi connectivity index (χ0) is 59.9. The molecule has 4 aromatic heterocycles. The summed E-state index contributed by atoms with van der Waals surface area (Å²) in [6.07, 6.45) is 0. The standard InChI is InChI=1S/2C23H22N8O7S4.2Na/c2*24-22-25-12(9-40-22)16(42-13-4-2-1-3-11(13)20(35)36)17(33)26-14-18(34)31-15(21(37)38)10(7-39-19(14)31)8-41-23-27-28-29-30(23)5-6-32;;/h2*1-4,9,14,16,19,32H,5-8H2,(H2,24,25)(H,26,33)(H,35,36)(H,37,38);;/q;;2*+1/p-2/t2*14?,16?,19-;;/m00../s1. The second kappa shape index (κ2) is 30.8. The van der Waals surface area contributed by atoms with Crippen molar-refractivity contribution in [3.8, 4) is 0 Å². The van der Waals surface area contributed by atoms with Crippen LogP contribution in [0.15, 0.2) is 102 Å². The number of aliphatic carboxylic acids is 2. The number of anilines is 2. The third-order valence-electron chi connectivity index (χ3n) is 12.3. The second-order valence-corrected chi connectivity index (χ2v) is 25.7. The number of carbonyl (C=O) groups is 8. The number of hydrogen-bond acceptors (Lipinski definition) is 30. The first kappa shape index (κ1) is 68.2. The van der Waals surface area contributed by atoms with Crippen molar-refractivity contribution in [2.45, 2.75) is 66.5 Å². The average Bonchev–Trinajstić information content (AvgIpc) is 0.920. The molecular formula is C46H42N16Na2O14S8. The van der Waals surface area contributed by atoms with E-state index in [0.29, 0.717) is 42.6 Å². The van der Waals surface area contributed by atoms with Gasteiger partial charge in [-0.05, 0) is 56.3 Å². The third-order valence-corrected chi connectivity index (χ3v) is 21.0. The van der Waals surface area contributed by atoms with Gasteiger partial charge in [-0.3, -0.25) is 29.0 Å². The number of nitrogens with one attached hydrogen (secondary N) is 2. The minimum absolute atomic E-state index is 0. The molecule has 2 aromatic carbocycles. The molecule has 4 unspecified atom stereocenters. The Balaban J connectivity index is 0.000000240. The SMILES string of the molecule is Nc1nc(C(Sc2ccccc2C(=O)O)C(=O)NC2C(=O)N3C(C(=O)[O-])=C(CSc4nnnn4CCO)CS[C@@H]23)cs1.Nc1nc(C(Sc2ccccc2C(=O)O)C(=O)NC2C(=O)N3C(C(=O)[O-])=C(CSc4nnnn4CCO)CS[C@@H]23)cs1.[Na+].[Na+]. The van der Waals surface area contributed by atoms with E-state index < -0.39 is 80.8 Å². The number of aromatic nitrogens is 10. The fourth-order valence-electron chi connectivity index (χ4n) is 8.48. The van der Waals surface area contributed by atoms with Crippen molar-refractivity contribution in [1.29, 1.82) is 0 Å². The largest absolute Gasteiger partial charge is 1.00 e. The first-order chi connectivity index (χ1) is 40.4. The van der Waals surface area contributed by atoms with Crippen LogP contribution in [0.5, 0.6) is 0 Å². The molecule has 2 saturated heterocycles. The fourth-order valence-corrected chi connectivity index (χ4v) is 16.8. The van der Waals surface area contributed by atoms with Gasteiger partial charge in [-0.25, -0.2) is 28.9 Å². The van der Waals surface area contributed by atoms with E-state index in [9.17, 15) is 58.8 Å². The van der Waals surface area contributed by atoms with Gasteiger partial charge in [-0.2, -0.15) is 0 Å². The summed E-state index contributed by atoms with van der Waals surface area (Å²) in [6, 6.07) is 10.3. The number of nitrogens with zero attached hydrogens (tertiary/aromatic N) is 12. The molecule has 6 aromatic rings. The van der Waals surface area contributed by atoms with Gasteiger partial charge in [0.2, 0.25) is 22.1 Å². The summed E-state index contributed by atoms with van der Waals surface area (Å²) >= 11 is 9.00. The van der Waals surface area contributed by atoms with E-state index in [1.807, 2.05) is 0 Å².